The molecule has 2 N–H and O–H groups in total. The van der Waals surface area contributed by atoms with Crippen LogP contribution in [0.5, 0.6) is 0 Å². The van der Waals surface area contributed by atoms with Gasteiger partial charge >= 0.3 is 12.2 Å². The predicted octanol–water partition coefficient (Wildman–Crippen LogP) is 4.24. The summed E-state index contributed by atoms with van der Waals surface area (Å²) in [5, 5.41) is 12.1. The summed E-state index contributed by atoms with van der Waals surface area (Å²) in [6.07, 6.45) is 9.16. The van der Waals surface area contributed by atoms with Gasteiger partial charge in [0.05, 0.1) is 0 Å². The van der Waals surface area contributed by atoms with E-state index in [4.69, 9.17) is 9.84 Å². The fourth-order valence-electron chi connectivity index (χ4n) is 5.43. The largest absolute Gasteiger partial charge is 0.465 e. The minimum absolute atomic E-state index is 0.0898. The molecule has 0 aliphatic carbocycles. The third kappa shape index (κ3) is 6.32. The molecule has 0 radical (unpaired) electrons. The van der Waals surface area contributed by atoms with Crippen LogP contribution in [-0.2, 0) is 4.74 Å². The number of alkyl carbamates (subject to hydrolysis) is 1. The second-order valence-electron chi connectivity index (χ2n) is 10.8. The Bertz CT molecular complexity index is 949. The van der Waals surface area contributed by atoms with Crippen LogP contribution in [0.25, 0.3) is 0 Å². The number of amides is 2. The first kappa shape index (κ1) is 25.0. The molecule has 2 unspecified atom stereocenters. The first-order chi connectivity index (χ1) is 16.6. The zero-order valence-electron chi connectivity index (χ0n) is 20.8. The SMILES string of the molecule is CC(C)(C)OC(=O)NC1CC2CCC(C1)N2c1ccc(C(=O)/C=C/C2CCN(C(=O)O)CC2)cn1. The number of anilines is 1. The molecule has 2 amide bonds. The molecule has 1 aromatic rings. The first-order valence-electron chi connectivity index (χ1n) is 12.5. The molecule has 0 spiro atoms. The highest BCUT2D eigenvalue weighted by molar-refractivity contribution is 6.04. The van der Waals surface area contributed by atoms with Crippen LogP contribution in [-0.4, -0.2) is 69.8 Å². The maximum Gasteiger partial charge on any atom is 0.407 e. The number of aromatic nitrogens is 1. The second-order valence-corrected chi connectivity index (χ2v) is 10.8. The van der Waals surface area contributed by atoms with Gasteiger partial charge in [0.15, 0.2) is 5.78 Å². The molecule has 3 fully saturated rings. The number of fused-ring (bicyclic) bond motifs is 2. The lowest BCUT2D eigenvalue weighted by atomic mass is 9.96. The number of nitrogens with one attached hydrogen (secondary N) is 1. The van der Waals surface area contributed by atoms with Gasteiger partial charge in [-0.25, -0.2) is 14.6 Å². The number of hydrogen-bond acceptors (Lipinski definition) is 6. The van der Waals surface area contributed by atoms with Crippen molar-refractivity contribution in [2.75, 3.05) is 18.0 Å². The molecule has 0 aromatic carbocycles. The van der Waals surface area contributed by atoms with Crippen LogP contribution in [0.15, 0.2) is 30.5 Å². The van der Waals surface area contributed by atoms with Gasteiger partial charge in [-0.3, -0.25) is 4.79 Å². The first-order valence-corrected chi connectivity index (χ1v) is 12.5. The average molecular weight is 485 g/mol. The Morgan fingerprint density at radius 2 is 1.74 bits per heavy atom. The molecule has 4 rings (SSSR count). The predicted molar refractivity (Wildman–Crippen MR) is 132 cm³/mol. The third-order valence-electron chi connectivity index (χ3n) is 7.08. The second kappa shape index (κ2) is 10.3. The number of piperidine rings is 2. The molecule has 3 saturated heterocycles. The van der Waals surface area contributed by atoms with E-state index in [1.54, 1.807) is 12.3 Å². The summed E-state index contributed by atoms with van der Waals surface area (Å²) in [5.74, 6) is 0.996. The number of pyridine rings is 1. The van der Waals surface area contributed by atoms with Crippen LogP contribution >= 0.6 is 0 Å². The van der Waals surface area contributed by atoms with E-state index in [1.165, 1.54) is 4.90 Å². The standard InChI is InChI=1S/C26H36N4O5/c1-26(2,3)35-24(32)28-19-14-20-6-7-21(15-19)30(20)23-9-5-18(16-27-23)22(31)8-4-17-10-12-29(13-11-17)25(33)34/h4-5,8-9,16-17,19-21H,6-7,10-15H2,1-3H3,(H,28,32)(H,33,34)/b8-4+. The average Bonchev–Trinajstić information content (AvgIpc) is 3.06. The van der Waals surface area contributed by atoms with Crippen molar-refractivity contribution < 1.29 is 24.2 Å². The van der Waals surface area contributed by atoms with Crippen molar-refractivity contribution in [3.8, 4) is 0 Å². The lowest BCUT2D eigenvalue weighted by Gasteiger charge is -2.40. The van der Waals surface area contributed by atoms with Gasteiger partial charge in [0.25, 0.3) is 0 Å². The number of nitrogens with zero attached hydrogens (tertiary/aromatic N) is 3. The molecule has 3 aliphatic rings. The minimum atomic E-state index is -0.883. The van der Waals surface area contributed by atoms with Gasteiger partial charge in [-0.15, -0.1) is 0 Å². The van der Waals surface area contributed by atoms with Crippen molar-refractivity contribution in [1.29, 1.82) is 0 Å². The molecule has 190 valence electrons. The Kier molecular flexibility index (Phi) is 7.33. The summed E-state index contributed by atoms with van der Waals surface area (Å²) in [5.41, 5.74) is 0.0295. The molecule has 2 bridgehead atoms. The van der Waals surface area contributed by atoms with Crippen molar-refractivity contribution in [3.05, 3.63) is 36.0 Å². The molecule has 3 aliphatic heterocycles. The smallest absolute Gasteiger partial charge is 0.407 e. The minimum Gasteiger partial charge on any atom is -0.465 e. The summed E-state index contributed by atoms with van der Waals surface area (Å²) >= 11 is 0. The van der Waals surface area contributed by atoms with Crippen LogP contribution in [0.1, 0.15) is 69.7 Å². The van der Waals surface area contributed by atoms with Crippen LogP contribution in [0.3, 0.4) is 0 Å². The molecular weight excluding hydrogens is 448 g/mol. The quantitative estimate of drug-likeness (QED) is 0.475. The van der Waals surface area contributed by atoms with Gasteiger partial charge in [0.2, 0.25) is 0 Å². The normalized spacial score (nSPS) is 25.1. The number of ether oxygens (including phenoxy) is 1. The van der Waals surface area contributed by atoms with Crippen molar-refractivity contribution in [3.63, 3.8) is 0 Å². The zero-order valence-corrected chi connectivity index (χ0v) is 20.8. The van der Waals surface area contributed by atoms with E-state index >= 15 is 0 Å². The van der Waals surface area contributed by atoms with Gasteiger partial charge in [-0.05, 0) is 83.4 Å². The van der Waals surface area contributed by atoms with E-state index in [2.05, 4.69) is 15.2 Å². The number of hydrogen-bond donors (Lipinski definition) is 2. The molecule has 35 heavy (non-hydrogen) atoms. The highest BCUT2D eigenvalue weighted by Gasteiger charge is 2.42. The third-order valence-corrected chi connectivity index (χ3v) is 7.08. The summed E-state index contributed by atoms with van der Waals surface area (Å²) in [4.78, 5) is 44.2. The number of ketones is 1. The number of rotatable bonds is 5. The van der Waals surface area contributed by atoms with Crippen molar-refractivity contribution in [2.24, 2.45) is 5.92 Å². The van der Waals surface area contributed by atoms with Crippen molar-refractivity contribution >= 4 is 23.8 Å². The van der Waals surface area contributed by atoms with Gasteiger partial charge < -0.3 is 25.0 Å². The molecule has 2 atom stereocenters. The van der Waals surface area contributed by atoms with E-state index in [-0.39, 0.29) is 23.8 Å². The monoisotopic (exact) mass is 484 g/mol. The fraction of sp³-hybridized carbons (Fsp3) is 0.615. The van der Waals surface area contributed by atoms with Crippen LogP contribution in [0, 0.1) is 5.92 Å². The van der Waals surface area contributed by atoms with Crippen LogP contribution in [0.4, 0.5) is 15.4 Å². The summed E-state index contributed by atoms with van der Waals surface area (Å²) in [6, 6.07) is 4.44. The fourth-order valence-corrected chi connectivity index (χ4v) is 5.43. The van der Waals surface area contributed by atoms with Gasteiger partial charge in [-0.2, -0.15) is 0 Å². The highest BCUT2D eigenvalue weighted by Crippen LogP contribution is 2.38. The maximum absolute atomic E-state index is 12.6. The topological polar surface area (TPSA) is 112 Å². The zero-order chi connectivity index (χ0) is 25.2. The molecular formula is C26H36N4O5. The Balaban J connectivity index is 1.31. The van der Waals surface area contributed by atoms with E-state index in [1.807, 2.05) is 39.0 Å². The Hall–Kier alpha value is -3.10. The summed E-state index contributed by atoms with van der Waals surface area (Å²) in [7, 11) is 0. The van der Waals surface area contributed by atoms with E-state index in [9.17, 15) is 14.4 Å². The Labute approximate surface area is 206 Å². The molecule has 4 heterocycles. The van der Waals surface area contributed by atoms with E-state index in [0.717, 1.165) is 44.3 Å². The number of carbonyl (C=O) groups excluding carboxylic acids is 2. The van der Waals surface area contributed by atoms with Crippen LogP contribution in [0.2, 0.25) is 0 Å². The van der Waals surface area contributed by atoms with Crippen molar-refractivity contribution in [1.82, 2.24) is 15.2 Å². The molecule has 9 nitrogen and oxygen atoms in total. The number of carbonyl (C=O) groups is 3. The van der Waals surface area contributed by atoms with Gasteiger partial charge in [0.1, 0.15) is 11.4 Å². The number of likely N-dealkylation sites (tertiary alicyclic amines) is 1. The summed E-state index contributed by atoms with van der Waals surface area (Å²) < 4.78 is 5.41. The highest BCUT2D eigenvalue weighted by atomic mass is 16.6. The van der Waals surface area contributed by atoms with Gasteiger partial charge in [0, 0.05) is 43.0 Å². The van der Waals surface area contributed by atoms with Gasteiger partial charge in [-0.1, -0.05) is 6.08 Å². The number of allylic oxidation sites excluding steroid dienone is 2. The molecule has 9 heteroatoms. The molecule has 0 saturated carbocycles. The Morgan fingerprint density at radius 3 is 2.29 bits per heavy atom. The van der Waals surface area contributed by atoms with E-state index < -0.39 is 11.7 Å². The lowest BCUT2D eigenvalue weighted by Crippen LogP contribution is -2.51. The Morgan fingerprint density at radius 1 is 1.09 bits per heavy atom. The summed E-state index contributed by atoms with van der Waals surface area (Å²) in [6.45, 7) is 6.58. The lowest BCUT2D eigenvalue weighted by molar-refractivity contribution is 0.0492. The van der Waals surface area contributed by atoms with Crippen molar-refractivity contribution in [2.45, 2.75) is 83.0 Å². The maximum atomic E-state index is 12.6. The number of carboxylic acid groups (broad SMARTS) is 1. The molecule has 1 aromatic heterocycles. The van der Waals surface area contributed by atoms with Crippen LogP contribution < -0.4 is 10.2 Å². The van der Waals surface area contributed by atoms with E-state index in [0.29, 0.717) is 30.7 Å².